The monoisotopic (exact) mass is 324 g/mol. The number of amides is 1. The van der Waals surface area contributed by atoms with Crippen LogP contribution < -0.4 is 20.3 Å². The Labute approximate surface area is 130 Å². The number of aromatic amines is 1. The largest absolute Gasteiger partial charge is 0.507 e. The summed E-state index contributed by atoms with van der Waals surface area (Å²) < 4.78 is 10.2. The van der Waals surface area contributed by atoms with Gasteiger partial charge in [-0.2, -0.15) is 0 Å². The predicted molar refractivity (Wildman–Crippen MR) is 81.2 cm³/mol. The van der Waals surface area contributed by atoms with Gasteiger partial charge in [-0.05, 0) is 0 Å². The number of aromatic hydroxyl groups is 1. The minimum Gasteiger partial charge on any atom is -0.507 e. The zero-order chi connectivity index (χ0) is 16.3. The quantitative estimate of drug-likeness (QED) is 0.798. The number of anilines is 1. The van der Waals surface area contributed by atoms with Gasteiger partial charge in [0.2, 0.25) is 0 Å². The van der Waals surface area contributed by atoms with Crippen LogP contribution in [0.5, 0.6) is 17.2 Å². The molecule has 0 radical (unpaired) electrons. The zero-order valence-electron chi connectivity index (χ0n) is 11.8. The molecule has 0 aliphatic carbocycles. The number of nitrogens with one attached hydrogen (secondary N) is 2. The molecule has 1 aromatic heterocycles. The summed E-state index contributed by atoms with van der Waals surface area (Å²) in [5.74, 6) is -0.385. The molecular formula is C14H13ClN2O5. The van der Waals surface area contributed by atoms with Gasteiger partial charge in [-0.1, -0.05) is 11.6 Å². The number of methoxy groups -OCH3 is 2. The maximum absolute atomic E-state index is 12.2. The lowest BCUT2D eigenvalue weighted by Crippen LogP contribution is -2.15. The van der Waals surface area contributed by atoms with Crippen LogP contribution in [0.2, 0.25) is 5.02 Å². The first kappa shape index (κ1) is 15.7. The van der Waals surface area contributed by atoms with Crippen molar-refractivity contribution in [2.75, 3.05) is 19.5 Å². The molecule has 8 heteroatoms. The van der Waals surface area contributed by atoms with E-state index in [0.29, 0.717) is 22.2 Å². The van der Waals surface area contributed by atoms with E-state index in [1.165, 1.54) is 26.4 Å². The van der Waals surface area contributed by atoms with Gasteiger partial charge >= 0.3 is 0 Å². The lowest BCUT2D eigenvalue weighted by atomic mass is 10.2. The second-order valence-corrected chi connectivity index (χ2v) is 4.64. The van der Waals surface area contributed by atoms with Gasteiger partial charge in [-0.3, -0.25) is 9.59 Å². The molecule has 7 nitrogen and oxygen atoms in total. The van der Waals surface area contributed by atoms with Crippen LogP contribution in [0.15, 0.2) is 29.2 Å². The fourth-order valence-electron chi connectivity index (χ4n) is 1.79. The summed E-state index contributed by atoms with van der Waals surface area (Å²) in [5, 5.41) is 12.5. The van der Waals surface area contributed by atoms with E-state index in [2.05, 4.69) is 10.3 Å². The Bertz CT molecular complexity index is 772. The molecule has 116 valence electrons. The normalized spacial score (nSPS) is 10.1. The van der Waals surface area contributed by atoms with Crippen LogP contribution in [-0.4, -0.2) is 30.2 Å². The summed E-state index contributed by atoms with van der Waals surface area (Å²) in [6.07, 6.45) is 1.12. The number of H-pyrrole nitrogens is 1. The van der Waals surface area contributed by atoms with Crippen molar-refractivity contribution in [3.05, 3.63) is 45.3 Å². The SMILES string of the molecule is COc1cc(NC(=O)c2c[nH]c(=O)cc2O)c(OC)cc1Cl. The van der Waals surface area contributed by atoms with Gasteiger partial charge in [0, 0.05) is 24.4 Å². The third kappa shape index (κ3) is 3.15. The number of ether oxygens (including phenoxy) is 2. The van der Waals surface area contributed by atoms with Gasteiger partial charge in [0.1, 0.15) is 17.2 Å². The van der Waals surface area contributed by atoms with Gasteiger partial charge in [0.05, 0.1) is 30.5 Å². The molecular weight excluding hydrogens is 312 g/mol. The summed E-state index contributed by atoms with van der Waals surface area (Å²) in [6, 6.07) is 3.89. The summed E-state index contributed by atoms with van der Waals surface area (Å²) in [7, 11) is 2.86. The average Bonchev–Trinajstić information content (AvgIpc) is 2.48. The van der Waals surface area contributed by atoms with Crippen molar-refractivity contribution in [1.82, 2.24) is 4.98 Å². The maximum Gasteiger partial charge on any atom is 0.261 e. The third-order valence-corrected chi connectivity index (χ3v) is 3.16. The summed E-state index contributed by atoms with van der Waals surface area (Å²) in [5.41, 5.74) is -0.297. The van der Waals surface area contributed by atoms with Gasteiger partial charge in [-0.15, -0.1) is 0 Å². The topological polar surface area (TPSA) is 101 Å². The number of carbonyl (C=O) groups excluding carboxylic acids is 1. The summed E-state index contributed by atoms with van der Waals surface area (Å²) in [4.78, 5) is 25.5. The highest BCUT2D eigenvalue weighted by Crippen LogP contribution is 2.36. The smallest absolute Gasteiger partial charge is 0.261 e. The second-order valence-electron chi connectivity index (χ2n) is 4.24. The molecule has 0 saturated carbocycles. The zero-order valence-corrected chi connectivity index (χ0v) is 12.5. The van der Waals surface area contributed by atoms with Crippen molar-refractivity contribution in [3.63, 3.8) is 0 Å². The molecule has 1 heterocycles. The minimum absolute atomic E-state index is 0.0874. The first-order valence-corrected chi connectivity index (χ1v) is 6.48. The van der Waals surface area contributed by atoms with Crippen LogP contribution in [0, 0.1) is 0 Å². The Morgan fingerprint density at radius 1 is 1.23 bits per heavy atom. The van der Waals surface area contributed by atoms with Crippen molar-refractivity contribution in [3.8, 4) is 17.2 Å². The molecule has 0 fully saturated rings. The molecule has 1 amide bonds. The molecule has 0 atom stereocenters. The Morgan fingerprint density at radius 2 is 1.91 bits per heavy atom. The van der Waals surface area contributed by atoms with Gasteiger partial charge in [0.25, 0.3) is 11.5 Å². The Hall–Kier alpha value is -2.67. The Kier molecular flexibility index (Phi) is 4.57. The van der Waals surface area contributed by atoms with E-state index in [4.69, 9.17) is 21.1 Å². The molecule has 1 aromatic carbocycles. The molecule has 22 heavy (non-hydrogen) atoms. The van der Waals surface area contributed by atoms with Gasteiger partial charge in [0.15, 0.2) is 0 Å². The summed E-state index contributed by atoms with van der Waals surface area (Å²) in [6.45, 7) is 0. The molecule has 0 spiro atoms. The second kappa shape index (κ2) is 6.40. The van der Waals surface area contributed by atoms with Crippen LogP contribution in [0.4, 0.5) is 5.69 Å². The van der Waals surface area contributed by atoms with Crippen molar-refractivity contribution in [1.29, 1.82) is 0 Å². The van der Waals surface area contributed by atoms with Crippen LogP contribution in [0.3, 0.4) is 0 Å². The lowest BCUT2D eigenvalue weighted by Gasteiger charge is -2.13. The third-order valence-electron chi connectivity index (χ3n) is 2.87. The fourth-order valence-corrected chi connectivity index (χ4v) is 2.02. The maximum atomic E-state index is 12.2. The van der Waals surface area contributed by atoms with Crippen LogP contribution in [0.1, 0.15) is 10.4 Å². The highest BCUT2D eigenvalue weighted by Gasteiger charge is 2.16. The molecule has 0 aliphatic heterocycles. The number of hydrogen-bond donors (Lipinski definition) is 3. The molecule has 0 saturated heterocycles. The van der Waals surface area contributed by atoms with E-state index in [1.807, 2.05) is 0 Å². The lowest BCUT2D eigenvalue weighted by molar-refractivity contribution is 0.102. The minimum atomic E-state index is -0.628. The van der Waals surface area contributed by atoms with Crippen molar-refractivity contribution < 1.29 is 19.4 Å². The van der Waals surface area contributed by atoms with Gasteiger partial charge < -0.3 is 24.9 Å². The highest BCUT2D eigenvalue weighted by molar-refractivity contribution is 6.32. The molecule has 0 aliphatic rings. The fraction of sp³-hybridized carbons (Fsp3) is 0.143. The van der Waals surface area contributed by atoms with Crippen LogP contribution in [-0.2, 0) is 0 Å². The predicted octanol–water partition coefficient (Wildman–Crippen LogP) is 2.00. The number of hydrogen-bond acceptors (Lipinski definition) is 5. The number of pyridine rings is 1. The molecule has 0 bridgehead atoms. The number of benzene rings is 1. The Balaban J connectivity index is 2.37. The van der Waals surface area contributed by atoms with E-state index in [1.54, 1.807) is 0 Å². The van der Waals surface area contributed by atoms with E-state index in [9.17, 15) is 14.7 Å². The average molecular weight is 325 g/mol. The highest BCUT2D eigenvalue weighted by atomic mass is 35.5. The molecule has 2 aromatic rings. The number of aromatic nitrogens is 1. The van der Waals surface area contributed by atoms with Crippen molar-refractivity contribution in [2.24, 2.45) is 0 Å². The first-order chi connectivity index (χ1) is 10.5. The molecule has 3 N–H and O–H groups in total. The van der Waals surface area contributed by atoms with E-state index < -0.39 is 17.2 Å². The van der Waals surface area contributed by atoms with Crippen molar-refractivity contribution in [2.45, 2.75) is 0 Å². The Morgan fingerprint density at radius 3 is 2.50 bits per heavy atom. The van der Waals surface area contributed by atoms with E-state index in [-0.39, 0.29) is 5.56 Å². The molecule has 2 rings (SSSR count). The molecule has 0 unspecified atom stereocenters. The summed E-state index contributed by atoms with van der Waals surface area (Å²) >= 11 is 5.98. The standard InChI is InChI=1S/C14H13ClN2O5/c1-21-11-4-9(12(22-2)3-8(11)15)17-14(20)7-6-16-13(19)5-10(7)18/h3-6H,1-2H3,(H,17,20)(H2,16,18,19). The first-order valence-electron chi connectivity index (χ1n) is 6.10. The van der Waals surface area contributed by atoms with Crippen LogP contribution in [0.25, 0.3) is 0 Å². The van der Waals surface area contributed by atoms with E-state index in [0.717, 1.165) is 12.3 Å². The van der Waals surface area contributed by atoms with Crippen molar-refractivity contribution >= 4 is 23.2 Å². The number of carbonyl (C=O) groups is 1. The number of halogens is 1. The number of rotatable bonds is 4. The van der Waals surface area contributed by atoms with Gasteiger partial charge in [-0.25, -0.2) is 0 Å². The van der Waals surface area contributed by atoms with E-state index >= 15 is 0 Å². The van der Waals surface area contributed by atoms with Crippen LogP contribution >= 0.6 is 11.6 Å².